The van der Waals surface area contributed by atoms with Crippen molar-refractivity contribution in [2.75, 3.05) is 11.9 Å². The average molecular weight is 203 g/mol. The molecule has 1 nitrogen and oxygen atoms in total. The maximum Gasteiger partial charge on any atom is 0.160 e. The first kappa shape index (κ1) is 10.9. The Hall–Kier alpha value is -1.19. The van der Waals surface area contributed by atoms with Crippen molar-refractivity contribution in [1.29, 1.82) is 0 Å². The first-order chi connectivity index (χ1) is 6.63. The van der Waals surface area contributed by atoms with Gasteiger partial charge in [0.1, 0.15) is 6.17 Å². The molecule has 0 bridgehead atoms. The SMILES string of the molecule is CCC(F)CNc1ccc(F)c(F)c1. The van der Waals surface area contributed by atoms with Gasteiger partial charge in [-0.05, 0) is 18.6 Å². The lowest BCUT2D eigenvalue weighted by molar-refractivity contribution is 0.340. The fourth-order valence-electron chi connectivity index (χ4n) is 0.979. The number of hydrogen-bond acceptors (Lipinski definition) is 1. The summed E-state index contributed by atoms with van der Waals surface area (Å²) in [5.74, 6) is -1.83. The maximum absolute atomic E-state index is 12.8. The Balaban J connectivity index is 2.55. The van der Waals surface area contributed by atoms with Crippen molar-refractivity contribution in [3.8, 4) is 0 Å². The van der Waals surface area contributed by atoms with Crippen LogP contribution >= 0.6 is 0 Å². The molecular weight excluding hydrogens is 191 g/mol. The third-order valence-electron chi connectivity index (χ3n) is 1.89. The van der Waals surface area contributed by atoms with Gasteiger partial charge >= 0.3 is 0 Å². The molecule has 0 aliphatic rings. The second kappa shape index (κ2) is 4.88. The monoisotopic (exact) mass is 203 g/mol. The number of hydrogen-bond donors (Lipinski definition) is 1. The van der Waals surface area contributed by atoms with Gasteiger partial charge in [-0.3, -0.25) is 0 Å². The lowest BCUT2D eigenvalue weighted by Gasteiger charge is -2.08. The van der Waals surface area contributed by atoms with Crippen LogP contribution in [0.25, 0.3) is 0 Å². The van der Waals surface area contributed by atoms with Crippen LogP contribution in [0.1, 0.15) is 13.3 Å². The quantitative estimate of drug-likeness (QED) is 0.792. The van der Waals surface area contributed by atoms with Gasteiger partial charge in [0.15, 0.2) is 11.6 Å². The molecule has 0 spiro atoms. The Bertz CT molecular complexity index is 301. The highest BCUT2D eigenvalue weighted by molar-refractivity contribution is 5.43. The molecule has 1 rings (SSSR count). The summed E-state index contributed by atoms with van der Waals surface area (Å²) in [6.45, 7) is 1.83. The van der Waals surface area contributed by atoms with Gasteiger partial charge in [0.2, 0.25) is 0 Å². The van der Waals surface area contributed by atoms with Crippen molar-refractivity contribution in [2.24, 2.45) is 0 Å². The van der Waals surface area contributed by atoms with E-state index in [0.29, 0.717) is 12.1 Å². The molecule has 1 unspecified atom stereocenters. The van der Waals surface area contributed by atoms with E-state index in [2.05, 4.69) is 5.32 Å². The van der Waals surface area contributed by atoms with Crippen molar-refractivity contribution in [3.63, 3.8) is 0 Å². The molecule has 0 heterocycles. The van der Waals surface area contributed by atoms with Crippen LogP contribution in [0.5, 0.6) is 0 Å². The predicted molar refractivity (Wildman–Crippen MR) is 50.0 cm³/mol. The molecule has 1 aromatic carbocycles. The fraction of sp³-hybridized carbons (Fsp3) is 0.400. The molecule has 1 aromatic rings. The van der Waals surface area contributed by atoms with Crippen LogP contribution in [0.3, 0.4) is 0 Å². The summed E-state index contributed by atoms with van der Waals surface area (Å²) in [4.78, 5) is 0. The van der Waals surface area contributed by atoms with Crippen LogP contribution in [0, 0.1) is 11.6 Å². The van der Waals surface area contributed by atoms with E-state index in [1.165, 1.54) is 6.07 Å². The molecule has 0 aromatic heterocycles. The van der Waals surface area contributed by atoms with Crippen LogP contribution in [-0.2, 0) is 0 Å². The standard InChI is InChI=1S/C10H12F3N/c1-2-7(11)6-14-8-3-4-9(12)10(13)5-8/h3-5,7,14H,2,6H2,1H3. The number of rotatable bonds is 4. The van der Waals surface area contributed by atoms with Crippen LogP contribution in [0.4, 0.5) is 18.9 Å². The van der Waals surface area contributed by atoms with Crippen LogP contribution < -0.4 is 5.32 Å². The molecule has 14 heavy (non-hydrogen) atoms. The minimum Gasteiger partial charge on any atom is -0.382 e. The second-order valence-electron chi connectivity index (χ2n) is 3.02. The fourth-order valence-corrected chi connectivity index (χ4v) is 0.979. The van der Waals surface area contributed by atoms with Gasteiger partial charge in [0.25, 0.3) is 0 Å². The summed E-state index contributed by atoms with van der Waals surface area (Å²) in [5, 5.41) is 2.68. The lowest BCUT2D eigenvalue weighted by atomic mass is 10.2. The van der Waals surface area contributed by atoms with E-state index < -0.39 is 17.8 Å². The van der Waals surface area contributed by atoms with Crippen molar-refractivity contribution in [2.45, 2.75) is 19.5 Å². The molecule has 1 atom stereocenters. The number of benzene rings is 1. The molecular formula is C10H12F3N. The highest BCUT2D eigenvalue weighted by Gasteiger charge is 2.05. The normalized spacial score (nSPS) is 12.6. The molecule has 1 N–H and O–H groups in total. The molecule has 0 aliphatic heterocycles. The van der Waals surface area contributed by atoms with Gasteiger partial charge in [0, 0.05) is 18.3 Å². The Labute approximate surface area is 80.9 Å². The maximum atomic E-state index is 12.8. The summed E-state index contributed by atoms with van der Waals surface area (Å²) in [5.41, 5.74) is 0.389. The molecule has 0 aliphatic carbocycles. The van der Waals surface area contributed by atoms with Crippen LogP contribution in [0.2, 0.25) is 0 Å². The first-order valence-electron chi connectivity index (χ1n) is 4.46. The van der Waals surface area contributed by atoms with Gasteiger partial charge in [-0.1, -0.05) is 6.92 Å². The van der Waals surface area contributed by atoms with Crippen molar-refractivity contribution in [3.05, 3.63) is 29.8 Å². The molecule has 0 saturated heterocycles. The van der Waals surface area contributed by atoms with E-state index in [4.69, 9.17) is 0 Å². The summed E-state index contributed by atoms with van der Waals surface area (Å²) in [6.07, 6.45) is -0.570. The predicted octanol–water partition coefficient (Wildman–Crippen LogP) is 3.12. The van der Waals surface area contributed by atoms with E-state index in [1.807, 2.05) is 0 Å². The molecule has 78 valence electrons. The third kappa shape index (κ3) is 2.94. The largest absolute Gasteiger partial charge is 0.382 e. The summed E-state index contributed by atoms with van der Waals surface area (Å²) in [6, 6.07) is 3.40. The Morgan fingerprint density at radius 3 is 2.57 bits per heavy atom. The van der Waals surface area contributed by atoms with Gasteiger partial charge in [-0.15, -0.1) is 0 Å². The molecule has 0 radical (unpaired) electrons. The van der Waals surface area contributed by atoms with Gasteiger partial charge in [-0.25, -0.2) is 13.2 Å². The van der Waals surface area contributed by atoms with Crippen molar-refractivity contribution in [1.82, 2.24) is 0 Å². The number of alkyl halides is 1. The van der Waals surface area contributed by atoms with Gasteiger partial charge in [-0.2, -0.15) is 0 Å². The molecule has 0 saturated carbocycles. The molecule has 4 heteroatoms. The van der Waals surface area contributed by atoms with Crippen molar-refractivity contribution < 1.29 is 13.2 Å². The van der Waals surface area contributed by atoms with Crippen LogP contribution in [0.15, 0.2) is 18.2 Å². The zero-order valence-electron chi connectivity index (χ0n) is 7.86. The zero-order chi connectivity index (χ0) is 10.6. The summed E-state index contributed by atoms with van der Waals surface area (Å²) in [7, 11) is 0. The molecule has 0 fully saturated rings. The average Bonchev–Trinajstić information content (AvgIpc) is 2.19. The van der Waals surface area contributed by atoms with E-state index in [1.54, 1.807) is 6.92 Å². The van der Waals surface area contributed by atoms with E-state index in [-0.39, 0.29) is 6.54 Å². The van der Waals surface area contributed by atoms with E-state index in [0.717, 1.165) is 12.1 Å². The minimum atomic E-state index is -0.969. The highest BCUT2D eigenvalue weighted by Crippen LogP contribution is 2.13. The summed E-state index contributed by atoms with van der Waals surface area (Å²) >= 11 is 0. The highest BCUT2D eigenvalue weighted by atomic mass is 19.2. The number of anilines is 1. The smallest absolute Gasteiger partial charge is 0.160 e. The Morgan fingerprint density at radius 2 is 2.00 bits per heavy atom. The van der Waals surface area contributed by atoms with E-state index in [9.17, 15) is 13.2 Å². The van der Waals surface area contributed by atoms with Crippen LogP contribution in [-0.4, -0.2) is 12.7 Å². The third-order valence-corrected chi connectivity index (χ3v) is 1.89. The zero-order valence-corrected chi connectivity index (χ0v) is 7.86. The Morgan fingerprint density at radius 1 is 1.29 bits per heavy atom. The lowest BCUT2D eigenvalue weighted by Crippen LogP contribution is -2.14. The summed E-state index contributed by atoms with van der Waals surface area (Å²) < 4.78 is 37.9. The second-order valence-corrected chi connectivity index (χ2v) is 3.02. The topological polar surface area (TPSA) is 12.0 Å². The van der Waals surface area contributed by atoms with Gasteiger partial charge < -0.3 is 5.32 Å². The van der Waals surface area contributed by atoms with E-state index >= 15 is 0 Å². The first-order valence-corrected chi connectivity index (χ1v) is 4.46. The van der Waals surface area contributed by atoms with Gasteiger partial charge in [0.05, 0.1) is 0 Å². The number of nitrogens with one attached hydrogen (secondary N) is 1. The minimum absolute atomic E-state index is 0.113. The Kier molecular flexibility index (Phi) is 3.80. The molecule has 0 amide bonds. The number of halogens is 3. The van der Waals surface area contributed by atoms with Crippen molar-refractivity contribution >= 4 is 5.69 Å².